The normalized spacial score (nSPS) is 14.8. The molecule has 150 valence electrons. The molecule has 2 aromatic carbocycles. The van der Waals surface area contributed by atoms with E-state index in [1.54, 1.807) is 0 Å². The lowest BCUT2D eigenvalue weighted by atomic mass is 9.87. The van der Waals surface area contributed by atoms with E-state index >= 15 is 0 Å². The van der Waals surface area contributed by atoms with E-state index in [-0.39, 0.29) is 17.9 Å². The third-order valence-electron chi connectivity index (χ3n) is 5.21. The van der Waals surface area contributed by atoms with Crippen LogP contribution in [-0.4, -0.2) is 30.5 Å². The molecule has 0 bridgehead atoms. The highest BCUT2D eigenvalue weighted by molar-refractivity contribution is 5.77. The summed E-state index contributed by atoms with van der Waals surface area (Å²) in [6.07, 6.45) is 2.62. The number of amides is 1. The van der Waals surface area contributed by atoms with Crippen LogP contribution in [0.25, 0.3) is 0 Å². The van der Waals surface area contributed by atoms with Gasteiger partial charge >= 0.3 is 0 Å². The van der Waals surface area contributed by atoms with Crippen molar-refractivity contribution < 1.29 is 9.53 Å². The van der Waals surface area contributed by atoms with E-state index in [9.17, 15) is 4.79 Å². The Hall–Kier alpha value is -2.33. The molecule has 1 amide bonds. The minimum Gasteiger partial charge on any atom is -0.484 e. The smallest absolute Gasteiger partial charge is 0.258 e. The predicted molar refractivity (Wildman–Crippen MR) is 113 cm³/mol. The maximum atomic E-state index is 12.1. The molecular formula is C24H32N2O2. The van der Waals surface area contributed by atoms with Crippen molar-refractivity contribution in [3.8, 4) is 5.75 Å². The number of ether oxygens (including phenoxy) is 1. The Morgan fingerprint density at radius 1 is 0.964 bits per heavy atom. The summed E-state index contributed by atoms with van der Waals surface area (Å²) in [4.78, 5) is 14.6. The Morgan fingerprint density at radius 3 is 2.18 bits per heavy atom. The van der Waals surface area contributed by atoms with Crippen molar-refractivity contribution in [2.24, 2.45) is 0 Å². The summed E-state index contributed by atoms with van der Waals surface area (Å²) < 4.78 is 5.60. The van der Waals surface area contributed by atoms with Gasteiger partial charge in [-0.3, -0.25) is 9.69 Å². The maximum Gasteiger partial charge on any atom is 0.258 e. The largest absolute Gasteiger partial charge is 0.484 e. The van der Waals surface area contributed by atoms with Crippen LogP contribution in [0.3, 0.4) is 0 Å². The molecule has 0 saturated carbocycles. The number of carbonyl (C=O) groups is 1. The molecule has 4 nitrogen and oxygen atoms in total. The number of rotatable bonds is 7. The van der Waals surface area contributed by atoms with Gasteiger partial charge in [-0.1, -0.05) is 57.2 Å². The summed E-state index contributed by atoms with van der Waals surface area (Å²) in [6.45, 7) is 10.5. The van der Waals surface area contributed by atoms with Crippen LogP contribution in [0.1, 0.15) is 50.3 Å². The molecule has 1 saturated heterocycles. The van der Waals surface area contributed by atoms with Crippen molar-refractivity contribution in [2.45, 2.75) is 52.1 Å². The minimum absolute atomic E-state index is 0.0297. The topological polar surface area (TPSA) is 41.6 Å². The SMILES string of the molecule is CC(C)(C)c1ccc(OCC(=O)NCc2ccc(CN3CCCC3)cc2)cc1. The van der Waals surface area contributed by atoms with Crippen LogP contribution >= 0.6 is 0 Å². The van der Waals surface area contributed by atoms with Crippen LogP contribution in [0, 0.1) is 0 Å². The van der Waals surface area contributed by atoms with E-state index in [0.29, 0.717) is 6.54 Å². The molecule has 0 unspecified atom stereocenters. The molecule has 1 fully saturated rings. The van der Waals surface area contributed by atoms with E-state index in [0.717, 1.165) is 17.9 Å². The highest BCUT2D eigenvalue weighted by Gasteiger charge is 2.13. The van der Waals surface area contributed by atoms with E-state index in [1.165, 1.54) is 37.1 Å². The fourth-order valence-electron chi connectivity index (χ4n) is 3.41. The molecule has 1 aliphatic heterocycles. The van der Waals surface area contributed by atoms with Gasteiger partial charge in [0.25, 0.3) is 5.91 Å². The summed E-state index contributed by atoms with van der Waals surface area (Å²) >= 11 is 0. The van der Waals surface area contributed by atoms with Crippen molar-refractivity contribution >= 4 is 5.91 Å². The number of hydrogen-bond acceptors (Lipinski definition) is 3. The molecule has 0 atom stereocenters. The third-order valence-corrected chi connectivity index (χ3v) is 5.21. The van der Waals surface area contributed by atoms with Gasteiger partial charge in [0.05, 0.1) is 0 Å². The summed E-state index contributed by atoms with van der Waals surface area (Å²) in [5.41, 5.74) is 3.80. The molecule has 3 rings (SSSR count). The molecular weight excluding hydrogens is 348 g/mol. The van der Waals surface area contributed by atoms with Crippen LogP contribution in [0.2, 0.25) is 0 Å². The van der Waals surface area contributed by atoms with Gasteiger partial charge in [0.1, 0.15) is 5.75 Å². The zero-order valence-electron chi connectivity index (χ0n) is 17.3. The second-order valence-corrected chi connectivity index (χ2v) is 8.64. The quantitative estimate of drug-likeness (QED) is 0.780. The standard InChI is InChI=1S/C24H32N2O2/c1-24(2,3)21-10-12-22(13-11-21)28-18-23(27)25-16-19-6-8-20(9-7-19)17-26-14-4-5-15-26/h6-13H,4-5,14-18H2,1-3H3,(H,25,27). The minimum atomic E-state index is -0.110. The van der Waals surface area contributed by atoms with Crippen LogP contribution in [-0.2, 0) is 23.3 Å². The van der Waals surface area contributed by atoms with Crippen molar-refractivity contribution in [3.63, 3.8) is 0 Å². The number of likely N-dealkylation sites (tertiary alicyclic amines) is 1. The first kappa shape index (κ1) is 20.4. The van der Waals surface area contributed by atoms with Crippen molar-refractivity contribution in [1.82, 2.24) is 10.2 Å². The predicted octanol–water partition coefficient (Wildman–Crippen LogP) is 4.28. The van der Waals surface area contributed by atoms with Crippen molar-refractivity contribution in [1.29, 1.82) is 0 Å². The van der Waals surface area contributed by atoms with E-state index < -0.39 is 0 Å². The van der Waals surface area contributed by atoms with Gasteiger partial charge in [-0.2, -0.15) is 0 Å². The van der Waals surface area contributed by atoms with E-state index in [1.807, 2.05) is 12.1 Å². The van der Waals surface area contributed by atoms with Gasteiger partial charge < -0.3 is 10.1 Å². The Kier molecular flexibility index (Phi) is 6.74. The number of carbonyl (C=O) groups excluding carboxylic acids is 1. The van der Waals surface area contributed by atoms with Crippen molar-refractivity contribution in [2.75, 3.05) is 19.7 Å². The second-order valence-electron chi connectivity index (χ2n) is 8.64. The molecule has 28 heavy (non-hydrogen) atoms. The molecule has 0 aromatic heterocycles. The number of hydrogen-bond donors (Lipinski definition) is 1. The van der Waals surface area contributed by atoms with Crippen LogP contribution in [0.5, 0.6) is 5.75 Å². The molecule has 1 heterocycles. The lowest BCUT2D eigenvalue weighted by molar-refractivity contribution is -0.123. The number of benzene rings is 2. The highest BCUT2D eigenvalue weighted by atomic mass is 16.5. The van der Waals surface area contributed by atoms with Gasteiger partial charge in [0, 0.05) is 13.1 Å². The number of nitrogens with zero attached hydrogens (tertiary/aromatic N) is 1. The third kappa shape index (κ3) is 6.10. The molecule has 0 radical (unpaired) electrons. The Balaban J connectivity index is 1.40. The molecule has 0 spiro atoms. The fourth-order valence-corrected chi connectivity index (χ4v) is 3.41. The average Bonchev–Trinajstić information content (AvgIpc) is 3.18. The first-order valence-electron chi connectivity index (χ1n) is 10.2. The van der Waals surface area contributed by atoms with Crippen molar-refractivity contribution in [3.05, 3.63) is 65.2 Å². The fraction of sp³-hybridized carbons (Fsp3) is 0.458. The average molecular weight is 381 g/mol. The molecule has 1 aliphatic rings. The van der Waals surface area contributed by atoms with Gasteiger partial charge in [-0.15, -0.1) is 0 Å². The zero-order chi connectivity index (χ0) is 20.0. The Labute approximate surface area is 168 Å². The lowest BCUT2D eigenvalue weighted by Crippen LogP contribution is -2.28. The molecule has 4 heteroatoms. The van der Waals surface area contributed by atoms with E-state index in [4.69, 9.17) is 4.74 Å². The monoisotopic (exact) mass is 380 g/mol. The van der Waals surface area contributed by atoms with Gasteiger partial charge in [-0.25, -0.2) is 0 Å². The van der Waals surface area contributed by atoms with Crippen LogP contribution < -0.4 is 10.1 Å². The molecule has 1 N–H and O–H groups in total. The van der Waals surface area contributed by atoms with Gasteiger partial charge in [0.2, 0.25) is 0 Å². The Morgan fingerprint density at radius 2 is 1.57 bits per heavy atom. The molecule has 0 aliphatic carbocycles. The van der Waals surface area contributed by atoms with E-state index in [2.05, 4.69) is 67.4 Å². The summed E-state index contributed by atoms with van der Waals surface area (Å²) in [5, 5.41) is 2.92. The number of nitrogens with one attached hydrogen (secondary N) is 1. The molecule has 2 aromatic rings. The van der Waals surface area contributed by atoms with Gasteiger partial charge in [0.15, 0.2) is 6.61 Å². The van der Waals surface area contributed by atoms with Crippen LogP contribution in [0.4, 0.5) is 0 Å². The summed E-state index contributed by atoms with van der Waals surface area (Å²) in [5.74, 6) is 0.607. The zero-order valence-corrected chi connectivity index (χ0v) is 17.3. The maximum absolute atomic E-state index is 12.1. The first-order chi connectivity index (χ1) is 13.4. The summed E-state index contributed by atoms with van der Waals surface area (Å²) in [7, 11) is 0. The second kappa shape index (κ2) is 9.24. The highest BCUT2D eigenvalue weighted by Crippen LogP contribution is 2.24. The Bertz CT molecular complexity index is 755. The van der Waals surface area contributed by atoms with Crippen LogP contribution in [0.15, 0.2) is 48.5 Å². The first-order valence-corrected chi connectivity index (χ1v) is 10.2. The lowest BCUT2D eigenvalue weighted by Gasteiger charge is -2.19. The summed E-state index contributed by atoms with van der Waals surface area (Å²) in [6, 6.07) is 16.5. The van der Waals surface area contributed by atoms with Gasteiger partial charge in [-0.05, 0) is 60.2 Å².